The first-order valence-corrected chi connectivity index (χ1v) is 8.75. The molecule has 27 heavy (non-hydrogen) atoms. The number of benzene rings is 1. The molecule has 0 aliphatic rings. The standard InChI is InChI=1S/C19H28N2O6/c1-11(2)9-16(19(26)27-4)21-18(25)17(24)15(20-12(3)22)10-13-5-7-14(23)8-6-13/h5-8,11,15-17,23-24H,9-10H2,1-4H3,(H,20,22)(H,21,25). The molecule has 0 fully saturated rings. The number of methoxy groups -OCH3 is 1. The van der Waals surface area contributed by atoms with E-state index in [0.29, 0.717) is 12.0 Å². The Morgan fingerprint density at radius 2 is 1.70 bits per heavy atom. The molecule has 3 atom stereocenters. The molecule has 0 saturated carbocycles. The second-order valence-corrected chi connectivity index (χ2v) is 6.84. The van der Waals surface area contributed by atoms with E-state index in [4.69, 9.17) is 4.74 Å². The topological polar surface area (TPSA) is 125 Å². The van der Waals surface area contributed by atoms with E-state index in [0.717, 1.165) is 0 Å². The highest BCUT2D eigenvalue weighted by atomic mass is 16.5. The number of phenols is 1. The van der Waals surface area contributed by atoms with Crippen molar-refractivity contribution in [3.05, 3.63) is 29.8 Å². The van der Waals surface area contributed by atoms with Crippen LogP contribution < -0.4 is 10.6 Å². The number of phenolic OH excluding ortho intramolecular Hbond substituents is 1. The summed E-state index contributed by atoms with van der Waals surface area (Å²) in [6.07, 6.45) is -1.04. The highest BCUT2D eigenvalue weighted by Gasteiger charge is 2.31. The minimum atomic E-state index is -1.57. The van der Waals surface area contributed by atoms with Crippen molar-refractivity contribution in [1.29, 1.82) is 0 Å². The summed E-state index contributed by atoms with van der Waals surface area (Å²) in [6.45, 7) is 5.07. The number of hydrogen-bond donors (Lipinski definition) is 4. The van der Waals surface area contributed by atoms with Gasteiger partial charge in [-0.1, -0.05) is 26.0 Å². The summed E-state index contributed by atoms with van der Waals surface area (Å²) in [4.78, 5) is 35.8. The average Bonchev–Trinajstić information content (AvgIpc) is 2.60. The maximum atomic E-state index is 12.5. The molecule has 0 radical (unpaired) electrons. The first-order valence-electron chi connectivity index (χ1n) is 8.75. The predicted octanol–water partition coefficient (Wildman–Crippen LogP) is 0.504. The summed E-state index contributed by atoms with van der Waals surface area (Å²) < 4.78 is 4.70. The van der Waals surface area contributed by atoms with Crippen LogP contribution in [0.1, 0.15) is 32.8 Å². The smallest absolute Gasteiger partial charge is 0.328 e. The quantitative estimate of drug-likeness (QED) is 0.463. The van der Waals surface area contributed by atoms with Gasteiger partial charge in [0.1, 0.15) is 11.8 Å². The van der Waals surface area contributed by atoms with Crippen molar-refractivity contribution in [2.75, 3.05) is 7.11 Å². The zero-order valence-corrected chi connectivity index (χ0v) is 16.1. The van der Waals surface area contributed by atoms with Crippen LogP contribution in [0, 0.1) is 5.92 Å². The summed E-state index contributed by atoms with van der Waals surface area (Å²) >= 11 is 0. The number of aliphatic hydroxyl groups excluding tert-OH is 1. The Morgan fingerprint density at radius 3 is 2.19 bits per heavy atom. The fourth-order valence-corrected chi connectivity index (χ4v) is 2.66. The van der Waals surface area contributed by atoms with Crippen LogP contribution in [-0.4, -0.2) is 53.3 Å². The van der Waals surface area contributed by atoms with E-state index in [1.165, 1.54) is 26.2 Å². The van der Waals surface area contributed by atoms with Crippen LogP contribution in [0.3, 0.4) is 0 Å². The molecule has 1 aromatic carbocycles. The second-order valence-electron chi connectivity index (χ2n) is 6.84. The Bertz CT molecular complexity index is 644. The van der Waals surface area contributed by atoms with Gasteiger partial charge in [0.15, 0.2) is 6.10 Å². The Kier molecular flexibility index (Phi) is 8.74. The van der Waals surface area contributed by atoms with E-state index < -0.39 is 36.0 Å². The minimum absolute atomic E-state index is 0.0859. The van der Waals surface area contributed by atoms with Gasteiger partial charge in [-0.25, -0.2) is 4.79 Å². The van der Waals surface area contributed by atoms with Crippen LogP contribution in [0.4, 0.5) is 0 Å². The van der Waals surface area contributed by atoms with Gasteiger partial charge in [0.25, 0.3) is 5.91 Å². The van der Waals surface area contributed by atoms with Gasteiger partial charge in [0, 0.05) is 6.92 Å². The van der Waals surface area contributed by atoms with Gasteiger partial charge in [0.2, 0.25) is 5.91 Å². The van der Waals surface area contributed by atoms with Crippen molar-refractivity contribution in [3.63, 3.8) is 0 Å². The third kappa shape index (κ3) is 7.65. The number of aromatic hydroxyl groups is 1. The molecule has 0 aliphatic carbocycles. The number of carbonyl (C=O) groups is 3. The third-order valence-electron chi connectivity index (χ3n) is 3.94. The number of aliphatic hydroxyl groups is 1. The first-order chi connectivity index (χ1) is 12.6. The summed E-state index contributed by atoms with van der Waals surface area (Å²) in [5, 5.41) is 24.8. The molecule has 4 N–H and O–H groups in total. The van der Waals surface area contributed by atoms with Crippen LogP contribution in [0.2, 0.25) is 0 Å². The number of nitrogens with one attached hydrogen (secondary N) is 2. The molecular formula is C19H28N2O6. The van der Waals surface area contributed by atoms with E-state index in [9.17, 15) is 24.6 Å². The molecule has 0 aromatic heterocycles. The normalized spacial score (nSPS) is 14.1. The molecule has 0 aliphatic heterocycles. The predicted molar refractivity (Wildman–Crippen MR) is 98.8 cm³/mol. The number of rotatable bonds is 9. The molecule has 150 valence electrons. The fraction of sp³-hybridized carbons (Fsp3) is 0.526. The SMILES string of the molecule is COC(=O)C(CC(C)C)NC(=O)C(O)C(Cc1ccc(O)cc1)NC(C)=O. The number of amides is 2. The molecule has 0 saturated heterocycles. The third-order valence-corrected chi connectivity index (χ3v) is 3.94. The Labute approximate surface area is 158 Å². The van der Waals surface area contributed by atoms with Crippen LogP contribution in [0.5, 0.6) is 5.75 Å². The van der Waals surface area contributed by atoms with Crippen molar-refractivity contribution in [2.24, 2.45) is 5.92 Å². The van der Waals surface area contributed by atoms with E-state index >= 15 is 0 Å². The average molecular weight is 380 g/mol. The van der Waals surface area contributed by atoms with Crippen LogP contribution in [-0.2, 0) is 25.5 Å². The zero-order chi connectivity index (χ0) is 20.6. The van der Waals surface area contributed by atoms with Gasteiger partial charge in [-0.2, -0.15) is 0 Å². The van der Waals surface area contributed by atoms with Crippen molar-refractivity contribution < 1.29 is 29.3 Å². The lowest BCUT2D eigenvalue weighted by Crippen LogP contribution is -2.54. The molecule has 2 amide bonds. The summed E-state index contributed by atoms with van der Waals surface area (Å²) in [5.74, 6) is -1.57. The monoisotopic (exact) mass is 380 g/mol. The zero-order valence-electron chi connectivity index (χ0n) is 16.1. The molecule has 8 heteroatoms. The highest BCUT2D eigenvalue weighted by Crippen LogP contribution is 2.13. The Balaban J connectivity index is 2.89. The summed E-state index contributed by atoms with van der Waals surface area (Å²) in [7, 11) is 1.23. The maximum Gasteiger partial charge on any atom is 0.328 e. The van der Waals surface area contributed by atoms with Crippen LogP contribution in [0.15, 0.2) is 24.3 Å². The van der Waals surface area contributed by atoms with Crippen molar-refractivity contribution in [3.8, 4) is 5.75 Å². The Morgan fingerprint density at radius 1 is 1.11 bits per heavy atom. The summed E-state index contributed by atoms with van der Waals surface area (Å²) in [5.41, 5.74) is 0.713. The van der Waals surface area contributed by atoms with E-state index in [1.807, 2.05) is 13.8 Å². The molecule has 3 unspecified atom stereocenters. The highest BCUT2D eigenvalue weighted by molar-refractivity contribution is 5.87. The van der Waals surface area contributed by atoms with Gasteiger partial charge in [-0.05, 0) is 36.5 Å². The van der Waals surface area contributed by atoms with Crippen LogP contribution in [0.25, 0.3) is 0 Å². The largest absolute Gasteiger partial charge is 0.508 e. The lowest BCUT2D eigenvalue weighted by molar-refractivity contribution is -0.147. The molecule has 1 aromatic rings. The van der Waals surface area contributed by atoms with Gasteiger partial charge in [0.05, 0.1) is 13.2 Å². The number of ether oxygens (including phenoxy) is 1. The lowest BCUT2D eigenvalue weighted by Gasteiger charge is -2.25. The molecular weight excluding hydrogens is 352 g/mol. The molecule has 0 heterocycles. The molecule has 1 rings (SSSR count). The van der Waals surface area contributed by atoms with E-state index in [-0.39, 0.29) is 18.1 Å². The molecule has 0 spiro atoms. The van der Waals surface area contributed by atoms with Gasteiger partial charge < -0.3 is 25.6 Å². The molecule has 0 bridgehead atoms. The van der Waals surface area contributed by atoms with Gasteiger partial charge >= 0.3 is 5.97 Å². The minimum Gasteiger partial charge on any atom is -0.508 e. The van der Waals surface area contributed by atoms with Gasteiger partial charge in [-0.3, -0.25) is 9.59 Å². The lowest BCUT2D eigenvalue weighted by atomic mass is 9.99. The van der Waals surface area contributed by atoms with Gasteiger partial charge in [-0.15, -0.1) is 0 Å². The second kappa shape index (κ2) is 10.5. The van der Waals surface area contributed by atoms with Crippen molar-refractivity contribution >= 4 is 17.8 Å². The van der Waals surface area contributed by atoms with E-state index in [2.05, 4.69) is 10.6 Å². The number of hydrogen-bond acceptors (Lipinski definition) is 6. The fourth-order valence-electron chi connectivity index (χ4n) is 2.66. The van der Waals surface area contributed by atoms with Crippen molar-refractivity contribution in [2.45, 2.75) is 51.8 Å². The van der Waals surface area contributed by atoms with Crippen LogP contribution >= 0.6 is 0 Å². The van der Waals surface area contributed by atoms with E-state index in [1.54, 1.807) is 12.1 Å². The number of carbonyl (C=O) groups excluding carboxylic acids is 3. The summed E-state index contributed by atoms with van der Waals surface area (Å²) in [6, 6.07) is 4.42. The Hall–Kier alpha value is -2.61. The van der Waals surface area contributed by atoms with Crippen molar-refractivity contribution in [1.82, 2.24) is 10.6 Å². The maximum absolute atomic E-state index is 12.5. The number of esters is 1. The first kappa shape index (κ1) is 22.4. The molecule has 8 nitrogen and oxygen atoms in total.